The Labute approximate surface area is 191 Å². The van der Waals surface area contributed by atoms with Crippen molar-refractivity contribution in [1.29, 1.82) is 0 Å². The highest BCUT2D eigenvalue weighted by Gasteiger charge is 2.21. The lowest BCUT2D eigenvalue weighted by molar-refractivity contribution is 0.0674. The Morgan fingerprint density at radius 2 is 1.88 bits per heavy atom. The Balaban J connectivity index is 1.49. The first-order valence-corrected chi connectivity index (χ1v) is 11.4. The molecule has 0 spiro atoms. The van der Waals surface area contributed by atoms with Gasteiger partial charge in [0.1, 0.15) is 0 Å². The van der Waals surface area contributed by atoms with Crippen molar-refractivity contribution < 1.29 is 14.2 Å². The van der Waals surface area contributed by atoms with Gasteiger partial charge in [0.15, 0.2) is 11.5 Å². The van der Waals surface area contributed by atoms with E-state index in [-0.39, 0.29) is 6.10 Å². The highest BCUT2D eigenvalue weighted by atomic mass is 16.5. The smallest absolute Gasteiger partial charge is 0.225 e. The van der Waals surface area contributed by atoms with Gasteiger partial charge in [-0.2, -0.15) is 0 Å². The normalized spacial score (nSPS) is 19.5. The van der Waals surface area contributed by atoms with Crippen molar-refractivity contribution in [2.75, 3.05) is 65.5 Å². The van der Waals surface area contributed by atoms with Crippen LogP contribution in [0.5, 0.6) is 11.5 Å². The van der Waals surface area contributed by atoms with Gasteiger partial charge in [-0.15, -0.1) is 0 Å². The third kappa shape index (κ3) is 5.88. The minimum atomic E-state index is 0.272. The van der Waals surface area contributed by atoms with E-state index < -0.39 is 0 Å². The zero-order valence-electron chi connectivity index (χ0n) is 19.5. The average Bonchev–Trinajstić information content (AvgIpc) is 3.32. The standard InChI is InChI=1S/C24H35N5O3/c1-27-10-12-29(13-11-27)24-25-9-8-20(26-24)17-28(18-21-5-4-14-32-21)16-19-6-7-22(30-2)23(15-19)31-3/h6-9,15,21H,4-5,10-14,16-18H2,1-3H3. The minimum absolute atomic E-state index is 0.272. The van der Waals surface area contributed by atoms with Crippen LogP contribution in [0, 0.1) is 0 Å². The van der Waals surface area contributed by atoms with Crippen LogP contribution in [0.4, 0.5) is 5.95 Å². The number of hydrogen-bond donors (Lipinski definition) is 0. The first-order chi connectivity index (χ1) is 15.6. The maximum absolute atomic E-state index is 5.94. The molecule has 1 aromatic heterocycles. The van der Waals surface area contributed by atoms with E-state index in [1.807, 2.05) is 18.3 Å². The van der Waals surface area contributed by atoms with Gasteiger partial charge in [0.2, 0.25) is 5.95 Å². The molecule has 3 heterocycles. The van der Waals surface area contributed by atoms with Crippen molar-refractivity contribution in [3.63, 3.8) is 0 Å². The van der Waals surface area contributed by atoms with Crippen LogP contribution < -0.4 is 14.4 Å². The number of hydrogen-bond acceptors (Lipinski definition) is 8. The lowest BCUT2D eigenvalue weighted by Gasteiger charge is -2.32. The van der Waals surface area contributed by atoms with Gasteiger partial charge in [-0.25, -0.2) is 9.97 Å². The van der Waals surface area contributed by atoms with Gasteiger partial charge in [-0.05, 0) is 43.7 Å². The van der Waals surface area contributed by atoms with Gasteiger partial charge in [-0.1, -0.05) is 6.07 Å². The van der Waals surface area contributed by atoms with Crippen molar-refractivity contribution in [3.8, 4) is 11.5 Å². The maximum atomic E-state index is 5.94. The summed E-state index contributed by atoms with van der Waals surface area (Å²) in [6.07, 6.45) is 4.40. The second-order valence-electron chi connectivity index (χ2n) is 8.63. The third-order valence-corrected chi connectivity index (χ3v) is 6.21. The summed E-state index contributed by atoms with van der Waals surface area (Å²) in [5, 5.41) is 0. The topological polar surface area (TPSA) is 63.2 Å². The minimum Gasteiger partial charge on any atom is -0.493 e. The molecule has 8 nitrogen and oxygen atoms in total. The molecule has 32 heavy (non-hydrogen) atoms. The summed E-state index contributed by atoms with van der Waals surface area (Å²) in [7, 11) is 5.49. The lowest BCUT2D eigenvalue weighted by atomic mass is 10.1. The van der Waals surface area contributed by atoms with Gasteiger partial charge >= 0.3 is 0 Å². The Morgan fingerprint density at radius 1 is 1.06 bits per heavy atom. The fourth-order valence-electron chi connectivity index (χ4n) is 4.36. The Bertz CT molecular complexity index is 866. The molecule has 0 radical (unpaired) electrons. The summed E-state index contributed by atoms with van der Waals surface area (Å²) < 4.78 is 16.8. The van der Waals surface area contributed by atoms with Gasteiger partial charge in [-0.3, -0.25) is 4.90 Å². The Morgan fingerprint density at radius 3 is 2.59 bits per heavy atom. The molecule has 2 aliphatic rings. The SMILES string of the molecule is COc1ccc(CN(Cc2ccnc(N3CCN(C)CC3)n2)CC2CCCO2)cc1OC. The van der Waals surface area contributed by atoms with Crippen LogP contribution in [-0.2, 0) is 17.8 Å². The number of rotatable bonds is 9. The third-order valence-electron chi connectivity index (χ3n) is 6.21. The van der Waals surface area contributed by atoms with Crippen LogP contribution >= 0.6 is 0 Å². The van der Waals surface area contributed by atoms with E-state index in [0.29, 0.717) is 0 Å². The van der Waals surface area contributed by atoms with Crippen LogP contribution in [0.25, 0.3) is 0 Å². The molecule has 1 unspecified atom stereocenters. The zero-order valence-corrected chi connectivity index (χ0v) is 19.5. The molecule has 174 valence electrons. The second-order valence-corrected chi connectivity index (χ2v) is 8.63. The number of ether oxygens (including phenoxy) is 3. The Hall–Kier alpha value is -2.42. The fourth-order valence-corrected chi connectivity index (χ4v) is 4.36. The van der Waals surface area contributed by atoms with Crippen molar-refractivity contribution >= 4 is 5.95 Å². The van der Waals surface area contributed by atoms with Gasteiger partial charge < -0.3 is 24.0 Å². The van der Waals surface area contributed by atoms with E-state index >= 15 is 0 Å². The fraction of sp³-hybridized carbons (Fsp3) is 0.583. The first kappa shape index (κ1) is 22.8. The van der Waals surface area contributed by atoms with Crippen molar-refractivity contribution in [3.05, 3.63) is 41.7 Å². The number of benzene rings is 1. The second kappa shape index (κ2) is 10.9. The zero-order chi connectivity index (χ0) is 22.3. The molecule has 2 aliphatic heterocycles. The number of methoxy groups -OCH3 is 2. The van der Waals surface area contributed by atoms with Crippen LogP contribution in [0.3, 0.4) is 0 Å². The molecule has 1 aromatic carbocycles. The van der Waals surface area contributed by atoms with Crippen LogP contribution in [0.15, 0.2) is 30.5 Å². The van der Waals surface area contributed by atoms with Crippen molar-refractivity contribution in [2.24, 2.45) is 0 Å². The molecule has 0 bridgehead atoms. The van der Waals surface area contributed by atoms with Gasteiger partial charge in [0.05, 0.1) is 26.0 Å². The highest BCUT2D eigenvalue weighted by molar-refractivity contribution is 5.42. The monoisotopic (exact) mass is 441 g/mol. The molecular weight excluding hydrogens is 406 g/mol. The summed E-state index contributed by atoms with van der Waals surface area (Å²) >= 11 is 0. The molecule has 4 rings (SSSR count). The quantitative estimate of drug-likeness (QED) is 0.588. The van der Waals surface area contributed by atoms with E-state index in [4.69, 9.17) is 19.2 Å². The number of piperazine rings is 1. The summed E-state index contributed by atoms with van der Waals surface area (Å²) in [4.78, 5) is 16.5. The maximum Gasteiger partial charge on any atom is 0.225 e. The van der Waals surface area contributed by atoms with Crippen LogP contribution in [-0.4, -0.2) is 86.5 Å². The summed E-state index contributed by atoms with van der Waals surface area (Å²) in [6.45, 7) is 7.27. The largest absolute Gasteiger partial charge is 0.493 e. The van der Waals surface area contributed by atoms with E-state index in [9.17, 15) is 0 Å². The van der Waals surface area contributed by atoms with Crippen molar-refractivity contribution in [1.82, 2.24) is 19.8 Å². The molecular formula is C24H35N5O3. The molecule has 2 fully saturated rings. The van der Waals surface area contributed by atoms with E-state index in [1.54, 1.807) is 14.2 Å². The number of anilines is 1. The number of likely N-dealkylation sites (N-methyl/N-ethyl adjacent to an activating group) is 1. The molecule has 0 aliphatic carbocycles. The average molecular weight is 442 g/mol. The first-order valence-electron chi connectivity index (χ1n) is 11.4. The highest BCUT2D eigenvalue weighted by Crippen LogP contribution is 2.28. The molecule has 0 N–H and O–H groups in total. The molecule has 2 aromatic rings. The van der Waals surface area contributed by atoms with Crippen molar-refractivity contribution in [2.45, 2.75) is 32.0 Å². The van der Waals surface area contributed by atoms with E-state index in [0.717, 1.165) is 88.4 Å². The lowest BCUT2D eigenvalue weighted by Crippen LogP contribution is -2.45. The molecule has 8 heteroatoms. The number of nitrogens with zero attached hydrogens (tertiary/aromatic N) is 5. The predicted molar refractivity (Wildman–Crippen MR) is 124 cm³/mol. The summed E-state index contributed by atoms with van der Waals surface area (Å²) in [5.41, 5.74) is 2.21. The molecule has 2 saturated heterocycles. The van der Waals surface area contributed by atoms with Gasteiger partial charge in [0.25, 0.3) is 0 Å². The summed E-state index contributed by atoms with van der Waals surface area (Å²) in [6, 6.07) is 8.14. The van der Waals surface area contributed by atoms with Crippen LogP contribution in [0.2, 0.25) is 0 Å². The van der Waals surface area contributed by atoms with Gasteiger partial charge in [0, 0.05) is 58.6 Å². The predicted octanol–water partition coefficient (Wildman–Crippen LogP) is 2.43. The molecule has 0 amide bonds. The van der Waals surface area contributed by atoms with E-state index in [2.05, 4.69) is 38.9 Å². The van der Waals surface area contributed by atoms with E-state index in [1.165, 1.54) is 5.56 Å². The molecule has 1 atom stereocenters. The Kier molecular flexibility index (Phi) is 7.78. The number of aromatic nitrogens is 2. The van der Waals surface area contributed by atoms with Crippen LogP contribution in [0.1, 0.15) is 24.1 Å². The molecule has 0 saturated carbocycles. The summed E-state index contributed by atoms with van der Waals surface area (Å²) in [5.74, 6) is 2.33.